The summed E-state index contributed by atoms with van der Waals surface area (Å²) in [5, 5.41) is 8.08. The van der Waals surface area contributed by atoms with E-state index in [2.05, 4.69) is 17.3 Å². The second-order valence-electron chi connectivity index (χ2n) is 4.42. The van der Waals surface area contributed by atoms with Crippen molar-refractivity contribution in [3.8, 4) is 0 Å². The Hall–Kier alpha value is -1.39. The van der Waals surface area contributed by atoms with Crippen molar-refractivity contribution in [3.05, 3.63) is 52.6 Å². The van der Waals surface area contributed by atoms with E-state index in [4.69, 9.17) is 11.6 Å². The van der Waals surface area contributed by atoms with Gasteiger partial charge in [0.15, 0.2) is 0 Å². The predicted octanol–water partition coefficient (Wildman–Crippen LogP) is 3.22. The summed E-state index contributed by atoms with van der Waals surface area (Å²) < 4.78 is 15.4. The van der Waals surface area contributed by atoms with Crippen LogP contribution in [-0.2, 0) is 13.1 Å². The second kappa shape index (κ2) is 6.68. The SMILES string of the molecule is CCCNCc1ccn(Cc2ccc(Cl)cc2F)n1. The molecule has 0 spiro atoms. The molecule has 0 aliphatic carbocycles. The first-order chi connectivity index (χ1) is 9.19. The fourth-order valence-corrected chi connectivity index (χ4v) is 1.96. The van der Waals surface area contributed by atoms with Gasteiger partial charge in [0.2, 0.25) is 0 Å². The molecule has 0 saturated carbocycles. The van der Waals surface area contributed by atoms with Gasteiger partial charge >= 0.3 is 0 Å². The largest absolute Gasteiger partial charge is 0.311 e. The third-order valence-electron chi connectivity index (χ3n) is 2.78. The Morgan fingerprint density at radius 2 is 2.21 bits per heavy atom. The van der Waals surface area contributed by atoms with Crippen molar-refractivity contribution in [2.24, 2.45) is 0 Å². The Bertz CT molecular complexity index is 539. The molecule has 1 N–H and O–H groups in total. The summed E-state index contributed by atoms with van der Waals surface area (Å²) in [6.07, 6.45) is 2.95. The highest BCUT2D eigenvalue weighted by Gasteiger charge is 2.05. The number of halogens is 2. The number of nitrogens with zero attached hydrogens (tertiary/aromatic N) is 2. The molecule has 2 rings (SSSR count). The minimum Gasteiger partial charge on any atom is -0.311 e. The van der Waals surface area contributed by atoms with Crippen LogP contribution in [0.3, 0.4) is 0 Å². The molecule has 1 aromatic heterocycles. The fraction of sp³-hybridized carbons (Fsp3) is 0.357. The lowest BCUT2D eigenvalue weighted by atomic mass is 10.2. The van der Waals surface area contributed by atoms with Gasteiger partial charge in [-0.25, -0.2) is 4.39 Å². The van der Waals surface area contributed by atoms with Gasteiger partial charge in [0.05, 0.1) is 12.2 Å². The zero-order valence-corrected chi connectivity index (χ0v) is 11.6. The lowest BCUT2D eigenvalue weighted by molar-refractivity contribution is 0.578. The number of nitrogens with one attached hydrogen (secondary N) is 1. The van der Waals surface area contributed by atoms with Gasteiger partial charge in [0, 0.05) is 23.3 Å². The maximum atomic E-state index is 13.7. The monoisotopic (exact) mass is 281 g/mol. The highest BCUT2D eigenvalue weighted by molar-refractivity contribution is 6.30. The van der Waals surface area contributed by atoms with Crippen LogP contribution in [0.4, 0.5) is 4.39 Å². The Morgan fingerprint density at radius 3 is 2.95 bits per heavy atom. The summed E-state index contributed by atoms with van der Waals surface area (Å²) in [7, 11) is 0. The Balaban J connectivity index is 1.99. The lowest BCUT2D eigenvalue weighted by Crippen LogP contribution is -2.14. The van der Waals surface area contributed by atoms with E-state index < -0.39 is 0 Å². The molecular weight excluding hydrogens is 265 g/mol. The summed E-state index contributed by atoms with van der Waals surface area (Å²) in [5.41, 5.74) is 1.54. The van der Waals surface area contributed by atoms with E-state index >= 15 is 0 Å². The molecule has 0 atom stereocenters. The molecule has 5 heteroatoms. The Kier molecular flexibility index (Phi) is 4.93. The van der Waals surface area contributed by atoms with Gasteiger partial charge in [-0.1, -0.05) is 24.6 Å². The normalized spacial score (nSPS) is 10.9. The topological polar surface area (TPSA) is 29.9 Å². The molecule has 0 saturated heterocycles. The van der Waals surface area contributed by atoms with Crippen molar-refractivity contribution < 1.29 is 4.39 Å². The zero-order chi connectivity index (χ0) is 13.7. The quantitative estimate of drug-likeness (QED) is 0.824. The van der Waals surface area contributed by atoms with Crippen molar-refractivity contribution in [2.75, 3.05) is 6.54 Å². The van der Waals surface area contributed by atoms with Gasteiger partial charge in [-0.2, -0.15) is 5.10 Å². The molecule has 19 heavy (non-hydrogen) atoms. The second-order valence-corrected chi connectivity index (χ2v) is 4.85. The van der Waals surface area contributed by atoms with E-state index in [-0.39, 0.29) is 5.82 Å². The maximum Gasteiger partial charge on any atom is 0.129 e. The first-order valence-corrected chi connectivity index (χ1v) is 6.74. The van der Waals surface area contributed by atoms with Crippen molar-refractivity contribution in [1.29, 1.82) is 0 Å². The number of benzene rings is 1. The minimum absolute atomic E-state index is 0.298. The molecule has 0 radical (unpaired) electrons. The summed E-state index contributed by atoms with van der Waals surface area (Å²) in [5.74, 6) is -0.298. The van der Waals surface area contributed by atoms with Crippen LogP contribution < -0.4 is 5.32 Å². The Labute approximate surface area is 117 Å². The number of hydrogen-bond acceptors (Lipinski definition) is 2. The summed E-state index contributed by atoms with van der Waals surface area (Å²) in [4.78, 5) is 0. The Morgan fingerprint density at radius 1 is 1.37 bits per heavy atom. The van der Waals surface area contributed by atoms with Gasteiger partial charge in [-0.15, -0.1) is 0 Å². The van der Waals surface area contributed by atoms with E-state index in [0.717, 1.165) is 25.2 Å². The van der Waals surface area contributed by atoms with E-state index in [1.807, 2.05) is 12.3 Å². The van der Waals surface area contributed by atoms with Gasteiger partial charge in [-0.05, 0) is 31.2 Å². The van der Waals surface area contributed by atoms with Crippen molar-refractivity contribution in [2.45, 2.75) is 26.4 Å². The molecule has 0 fully saturated rings. The van der Waals surface area contributed by atoms with Crippen LogP contribution in [0.5, 0.6) is 0 Å². The lowest BCUT2D eigenvalue weighted by Gasteiger charge is -2.04. The highest BCUT2D eigenvalue weighted by Crippen LogP contribution is 2.15. The average Bonchev–Trinajstić information content (AvgIpc) is 2.81. The van der Waals surface area contributed by atoms with E-state index in [1.165, 1.54) is 6.07 Å². The number of rotatable bonds is 6. The predicted molar refractivity (Wildman–Crippen MR) is 74.7 cm³/mol. The third-order valence-corrected chi connectivity index (χ3v) is 3.01. The molecule has 0 aliphatic heterocycles. The highest BCUT2D eigenvalue weighted by atomic mass is 35.5. The molecule has 2 aromatic rings. The molecular formula is C14H17ClFN3. The van der Waals surface area contributed by atoms with Crippen LogP contribution in [0.2, 0.25) is 5.02 Å². The molecule has 1 heterocycles. The smallest absolute Gasteiger partial charge is 0.129 e. The van der Waals surface area contributed by atoms with Gasteiger partial charge in [-0.3, -0.25) is 4.68 Å². The van der Waals surface area contributed by atoms with Crippen LogP contribution in [0.15, 0.2) is 30.5 Å². The number of hydrogen-bond donors (Lipinski definition) is 1. The van der Waals surface area contributed by atoms with Crippen molar-refractivity contribution in [3.63, 3.8) is 0 Å². The van der Waals surface area contributed by atoms with Crippen LogP contribution in [0.1, 0.15) is 24.6 Å². The molecule has 102 valence electrons. The van der Waals surface area contributed by atoms with Gasteiger partial charge in [0.25, 0.3) is 0 Å². The minimum atomic E-state index is -0.298. The first-order valence-electron chi connectivity index (χ1n) is 6.36. The zero-order valence-electron chi connectivity index (χ0n) is 10.9. The van der Waals surface area contributed by atoms with E-state index in [1.54, 1.807) is 16.8 Å². The first kappa shape index (κ1) is 14.0. The van der Waals surface area contributed by atoms with Gasteiger partial charge in [0.1, 0.15) is 5.82 Å². The molecule has 0 aliphatic rings. The number of aromatic nitrogens is 2. The molecule has 1 aromatic carbocycles. The molecule has 3 nitrogen and oxygen atoms in total. The summed E-state index contributed by atoms with van der Waals surface area (Å²) in [6, 6.07) is 6.64. The third kappa shape index (κ3) is 4.04. The maximum absolute atomic E-state index is 13.7. The molecule has 0 amide bonds. The van der Waals surface area contributed by atoms with E-state index in [9.17, 15) is 4.39 Å². The van der Waals surface area contributed by atoms with Crippen molar-refractivity contribution in [1.82, 2.24) is 15.1 Å². The van der Waals surface area contributed by atoms with Crippen molar-refractivity contribution >= 4 is 11.6 Å². The summed E-state index contributed by atoms with van der Waals surface area (Å²) in [6.45, 7) is 4.24. The van der Waals surface area contributed by atoms with Gasteiger partial charge < -0.3 is 5.32 Å². The van der Waals surface area contributed by atoms with Crippen LogP contribution in [-0.4, -0.2) is 16.3 Å². The van der Waals surface area contributed by atoms with Crippen LogP contribution in [0, 0.1) is 5.82 Å². The molecule has 0 bridgehead atoms. The van der Waals surface area contributed by atoms with E-state index in [0.29, 0.717) is 17.1 Å². The van der Waals surface area contributed by atoms with Crippen LogP contribution in [0.25, 0.3) is 0 Å². The molecule has 0 unspecified atom stereocenters. The van der Waals surface area contributed by atoms with Crippen LogP contribution >= 0.6 is 11.6 Å². The standard InChI is InChI=1S/C14H17ClFN3/c1-2-6-17-9-13-5-7-19(18-13)10-11-3-4-12(15)8-14(11)16/h3-5,7-8,17H,2,6,9-10H2,1H3. The average molecular weight is 282 g/mol. The summed E-state index contributed by atoms with van der Waals surface area (Å²) >= 11 is 5.72. The fourth-order valence-electron chi connectivity index (χ4n) is 1.80.